The van der Waals surface area contributed by atoms with Crippen LogP contribution < -0.4 is 5.32 Å². The van der Waals surface area contributed by atoms with E-state index in [1.54, 1.807) is 23.5 Å². The van der Waals surface area contributed by atoms with Gasteiger partial charge < -0.3 is 5.32 Å². The molecule has 0 aliphatic heterocycles. The van der Waals surface area contributed by atoms with E-state index < -0.39 is 10.8 Å². The summed E-state index contributed by atoms with van der Waals surface area (Å²) in [5, 5.41) is 13.8. The number of nitro groups is 1. The van der Waals surface area contributed by atoms with Crippen molar-refractivity contribution in [2.24, 2.45) is 0 Å². The number of hydrogen-bond acceptors (Lipinski definition) is 4. The Morgan fingerprint density at radius 1 is 1.33 bits per heavy atom. The molecule has 0 fully saturated rings. The van der Waals surface area contributed by atoms with E-state index in [0.29, 0.717) is 0 Å². The zero-order valence-electron chi connectivity index (χ0n) is 12.0. The molecule has 0 spiro atoms. The molecular formula is C15H16N2O3S. The lowest BCUT2D eigenvalue weighted by molar-refractivity contribution is -0.385. The number of benzene rings is 1. The van der Waals surface area contributed by atoms with E-state index in [2.05, 4.69) is 5.32 Å². The SMILES string of the molecule is Cc1cc(C(C)NC(=O)c2ccccc2[N+](=O)[O-])c(C)s1. The number of aryl methyl sites for hydroxylation is 2. The predicted octanol–water partition coefficient (Wildman–Crippen LogP) is 3.76. The molecule has 6 heteroatoms. The van der Waals surface area contributed by atoms with Crippen molar-refractivity contribution in [3.8, 4) is 0 Å². The summed E-state index contributed by atoms with van der Waals surface area (Å²) in [5.41, 5.74) is 0.948. The Morgan fingerprint density at radius 3 is 2.57 bits per heavy atom. The molecule has 1 aromatic heterocycles. The van der Waals surface area contributed by atoms with Gasteiger partial charge in [0.2, 0.25) is 0 Å². The van der Waals surface area contributed by atoms with Gasteiger partial charge in [0, 0.05) is 15.8 Å². The van der Waals surface area contributed by atoms with Crippen LogP contribution in [0.25, 0.3) is 0 Å². The number of carbonyl (C=O) groups excluding carboxylic acids is 1. The summed E-state index contributed by atoms with van der Waals surface area (Å²) in [6.07, 6.45) is 0. The fourth-order valence-corrected chi connectivity index (χ4v) is 3.28. The molecule has 0 saturated heterocycles. The van der Waals surface area contributed by atoms with Gasteiger partial charge >= 0.3 is 0 Å². The van der Waals surface area contributed by atoms with Crippen LogP contribution in [0.1, 0.15) is 38.6 Å². The highest BCUT2D eigenvalue weighted by Crippen LogP contribution is 2.27. The van der Waals surface area contributed by atoms with Crippen LogP contribution in [0.5, 0.6) is 0 Å². The number of nitrogens with one attached hydrogen (secondary N) is 1. The molecule has 0 radical (unpaired) electrons. The summed E-state index contributed by atoms with van der Waals surface area (Å²) in [6.45, 7) is 5.89. The molecule has 110 valence electrons. The maximum absolute atomic E-state index is 12.3. The van der Waals surface area contributed by atoms with Crippen molar-refractivity contribution in [1.29, 1.82) is 0 Å². The summed E-state index contributed by atoms with van der Waals surface area (Å²) in [7, 11) is 0. The maximum Gasteiger partial charge on any atom is 0.282 e. The van der Waals surface area contributed by atoms with E-state index in [1.807, 2.05) is 26.8 Å². The second kappa shape index (κ2) is 6.05. The van der Waals surface area contributed by atoms with Crippen molar-refractivity contribution in [3.05, 3.63) is 61.3 Å². The Hall–Kier alpha value is -2.21. The number of nitrogens with zero attached hydrogens (tertiary/aromatic N) is 1. The first kappa shape index (κ1) is 15.2. The molecule has 2 aromatic rings. The molecule has 1 amide bonds. The minimum atomic E-state index is -0.542. The Morgan fingerprint density at radius 2 is 2.00 bits per heavy atom. The third-order valence-electron chi connectivity index (χ3n) is 3.24. The maximum atomic E-state index is 12.3. The number of hydrogen-bond donors (Lipinski definition) is 1. The van der Waals surface area contributed by atoms with Crippen LogP contribution in [0.4, 0.5) is 5.69 Å². The number of thiophene rings is 1. The lowest BCUT2D eigenvalue weighted by Gasteiger charge is -2.14. The first-order valence-electron chi connectivity index (χ1n) is 6.51. The lowest BCUT2D eigenvalue weighted by Crippen LogP contribution is -2.27. The summed E-state index contributed by atoms with van der Waals surface area (Å²) in [4.78, 5) is 25.0. The number of para-hydroxylation sites is 1. The van der Waals surface area contributed by atoms with Crippen LogP contribution in [-0.2, 0) is 0 Å². The van der Waals surface area contributed by atoms with Gasteiger partial charge in [0.1, 0.15) is 5.56 Å². The van der Waals surface area contributed by atoms with Crippen molar-refractivity contribution in [2.75, 3.05) is 0 Å². The third-order valence-corrected chi connectivity index (χ3v) is 4.22. The summed E-state index contributed by atoms with van der Waals surface area (Å²) >= 11 is 1.67. The molecule has 1 N–H and O–H groups in total. The third kappa shape index (κ3) is 3.28. The highest BCUT2D eigenvalue weighted by molar-refractivity contribution is 7.12. The minimum Gasteiger partial charge on any atom is -0.345 e. The molecule has 2 rings (SSSR count). The average Bonchev–Trinajstić information content (AvgIpc) is 2.77. The number of rotatable bonds is 4. The van der Waals surface area contributed by atoms with Gasteiger partial charge in [-0.25, -0.2) is 0 Å². The van der Waals surface area contributed by atoms with Crippen molar-refractivity contribution >= 4 is 22.9 Å². The van der Waals surface area contributed by atoms with E-state index in [4.69, 9.17) is 0 Å². The summed E-state index contributed by atoms with van der Waals surface area (Å²) in [6, 6.07) is 7.80. The highest BCUT2D eigenvalue weighted by Gasteiger charge is 2.21. The molecule has 0 saturated carbocycles. The fraction of sp³-hybridized carbons (Fsp3) is 0.267. The second-order valence-corrected chi connectivity index (χ2v) is 6.30. The van der Waals surface area contributed by atoms with Crippen LogP contribution in [0.3, 0.4) is 0 Å². The fourth-order valence-electron chi connectivity index (χ4n) is 2.26. The van der Waals surface area contributed by atoms with Gasteiger partial charge in [-0.05, 0) is 38.5 Å². The molecule has 0 aliphatic carbocycles. The Bertz CT molecular complexity index is 694. The molecule has 21 heavy (non-hydrogen) atoms. The van der Waals surface area contributed by atoms with Crippen molar-refractivity contribution < 1.29 is 9.72 Å². The smallest absolute Gasteiger partial charge is 0.282 e. The first-order chi connectivity index (χ1) is 9.90. The Labute approximate surface area is 126 Å². The molecular weight excluding hydrogens is 288 g/mol. The molecule has 1 atom stereocenters. The van der Waals surface area contributed by atoms with Crippen molar-refractivity contribution in [2.45, 2.75) is 26.8 Å². The number of nitro benzene ring substituents is 1. The minimum absolute atomic E-state index is 0.0824. The van der Waals surface area contributed by atoms with Crippen LogP contribution in [0.15, 0.2) is 30.3 Å². The van der Waals surface area contributed by atoms with Crippen molar-refractivity contribution in [1.82, 2.24) is 5.32 Å². The van der Waals surface area contributed by atoms with Crippen LogP contribution in [0.2, 0.25) is 0 Å². The molecule has 1 aromatic carbocycles. The van der Waals surface area contributed by atoms with E-state index in [-0.39, 0.29) is 17.3 Å². The zero-order valence-corrected chi connectivity index (χ0v) is 12.9. The monoisotopic (exact) mass is 304 g/mol. The Balaban J connectivity index is 2.22. The van der Waals surface area contributed by atoms with Gasteiger partial charge in [0.15, 0.2) is 0 Å². The van der Waals surface area contributed by atoms with Gasteiger partial charge in [0.05, 0.1) is 11.0 Å². The van der Waals surface area contributed by atoms with Gasteiger partial charge in [-0.3, -0.25) is 14.9 Å². The van der Waals surface area contributed by atoms with Gasteiger partial charge in [-0.2, -0.15) is 0 Å². The quantitative estimate of drug-likeness (QED) is 0.690. The second-order valence-electron chi connectivity index (χ2n) is 4.84. The lowest BCUT2D eigenvalue weighted by atomic mass is 10.1. The van der Waals surface area contributed by atoms with Crippen LogP contribution in [0, 0.1) is 24.0 Å². The van der Waals surface area contributed by atoms with Crippen molar-refractivity contribution in [3.63, 3.8) is 0 Å². The average molecular weight is 304 g/mol. The number of amides is 1. The normalized spacial score (nSPS) is 12.0. The molecule has 0 bridgehead atoms. The zero-order chi connectivity index (χ0) is 15.6. The summed E-state index contributed by atoms with van der Waals surface area (Å²) in [5.74, 6) is -0.432. The van der Waals surface area contributed by atoms with E-state index in [9.17, 15) is 14.9 Å². The van der Waals surface area contributed by atoms with Crippen LogP contribution in [-0.4, -0.2) is 10.8 Å². The molecule has 0 aliphatic rings. The molecule has 1 heterocycles. The first-order valence-corrected chi connectivity index (χ1v) is 7.33. The topological polar surface area (TPSA) is 72.2 Å². The number of carbonyl (C=O) groups is 1. The van der Waals surface area contributed by atoms with Gasteiger partial charge in [-0.15, -0.1) is 11.3 Å². The summed E-state index contributed by atoms with van der Waals surface area (Å²) < 4.78 is 0. The molecule has 1 unspecified atom stereocenters. The van der Waals surface area contributed by atoms with Gasteiger partial charge in [0.25, 0.3) is 11.6 Å². The standard InChI is InChI=1S/C15H16N2O3S/c1-9-8-13(11(3)21-9)10(2)16-15(18)12-6-4-5-7-14(12)17(19)20/h4-8,10H,1-3H3,(H,16,18). The van der Waals surface area contributed by atoms with E-state index in [1.165, 1.54) is 17.0 Å². The van der Waals surface area contributed by atoms with Gasteiger partial charge in [-0.1, -0.05) is 12.1 Å². The molecule has 5 nitrogen and oxygen atoms in total. The highest BCUT2D eigenvalue weighted by atomic mass is 32.1. The van der Waals surface area contributed by atoms with E-state index >= 15 is 0 Å². The van der Waals surface area contributed by atoms with E-state index in [0.717, 1.165) is 10.4 Å². The van der Waals surface area contributed by atoms with Crippen LogP contribution >= 0.6 is 11.3 Å². The largest absolute Gasteiger partial charge is 0.345 e. The predicted molar refractivity (Wildman–Crippen MR) is 82.8 cm³/mol. The Kier molecular flexibility index (Phi) is 4.37.